The van der Waals surface area contributed by atoms with E-state index >= 15 is 8.78 Å². The van der Waals surface area contributed by atoms with E-state index in [4.69, 9.17) is 4.74 Å². The third-order valence-electron chi connectivity index (χ3n) is 6.22. The van der Waals surface area contributed by atoms with Gasteiger partial charge in [-0.3, -0.25) is 10.1 Å². The average molecular weight is 540 g/mol. The molecule has 0 saturated heterocycles. The SMILES string of the molecule is N#CC1(NC(=O)C(CS(=O)(=O)CC2CC2)N[C@H](c2ccc(F)cc2)C(F)(F)Oc2ccc(F)cc2)CC1. The van der Waals surface area contributed by atoms with Gasteiger partial charge in [-0.25, -0.2) is 17.2 Å². The Bertz CT molecular complexity index is 1270. The molecule has 2 fully saturated rings. The Balaban J connectivity index is 1.65. The number of nitrogens with one attached hydrogen (secondary N) is 2. The summed E-state index contributed by atoms with van der Waals surface area (Å²) in [5.41, 5.74) is -1.36. The van der Waals surface area contributed by atoms with Crippen molar-refractivity contribution in [2.75, 3.05) is 11.5 Å². The van der Waals surface area contributed by atoms with E-state index in [1.807, 2.05) is 6.07 Å². The summed E-state index contributed by atoms with van der Waals surface area (Å²) in [5.74, 6) is -3.71. The summed E-state index contributed by atoms with van der Waals surface area (Å²) < 4.78 is 88.3. The molecule has 0 bridgehead atoms. The van der Waals surface area contributed by atoms with Crippen LogP contribution in [0.25, 0.3) is 0 Å². The van der Waals surface area contributed by atoms with Gasteiger partial charge in [0.05, 0.1) is 17.6 Å². The van der Waals surface area contributed by atoms with E-state index in [2.05, 4.69) is 10.6 Å². The molecule has 2 aromatic carbocycles. The van der Waals surface area contributed by atoms with Crippen LogP contribution in [0.1, 0.15) is 37.3 Å². The first kappa shape index (κ1) is 26.9. The number of ether oxygens (including phenoxy) is 1. The van der Waals surface area contributed by atoms with Crippen molar-refractivity contribution in [3.05, 3.63) is 65.7 Å². The fourth-order valence-corrected chi connectivity index (χ4v) is 5.78. The van der Waals surface area contributed by atoms with Crippen LogP contribution in [0.15, 0.2) is 48.5 Å². The Morgan fingerprint density at radius 3 is 2.16 bits per heavy atom. The van der Waals surface area contributed by atoms with Gasteiger partial charge in [0, 0.05) is 0 Å². The molecule has 1 unspecified atom stereocenters. The minimum atomic E-state index is -4.10. The summed E-state index contributed by atoms with van der Waals surface area (Å²) in [6.45, 7) is 0. The lowest BCUT2D eigenvalue weighted by atomic mass is 10.0. The zero-order valence-corrected chi connectivity index (χ0v) is 20.4. The summed E-state index contributed by atoms with van der Waals surface area (Å²) in [7, 11) is -3.84. The van der Waals surface area contributed by atoms with Crippen LogP contribution < -0.4 is 15.4 Å². The van der Waals surface area contributed by atoms with Crippen LogP contribution in [0, 0.1) is 28.9 Å². The monoisotopic (exact) mass is 539 g/mol. The molecule has 198 valence electrons. The predicted octanol–water partition coefficient (Wildman–Crippen LogP) is 3.63. The minimum absolute atomic E-state index is 0.0428. The number of sulfone groups is 1. The molecule has 0 spiro atoms. The second-order valence-electron chi connectivity index (χ2n) is 9.53. The van der Waals surface area contributed by atoms with E-state index in [0.29, 0.717) is 12.8 Å². The molecular formula is C25H25F4N3O4S. The molecule has 1 amide bonds. The molecule has 2 aliphatic rings. The number of carbonyl (C=O) groups is 1. The van der Waals surface area contributed by atoms with Crippen LogP contribution in [0.4, 0.5) is 17.6 Å². The van der Waals surface area contributed by atoms with Crippen LogP contribution in [-0.2, 0) is 14.6 Å². The minimum Gasteiger partial charge on any atom is -0.431 e. The molecule has 0 aliphatic heterocycles. The van der Waals surface area contributed by atoms with Crippen molar-refractivity contribution in [1.29, 1.82) is 5.26 Å². The molecule has 7 nitrogen and oxygen atoms in total. The number of nitrogens with zero attached hydrogens (tertiary/aromatic N) is 1. The van der Waals surface area contributed by atoms with Gasteiger partial charge in [0.15, 0.2) is 9.84 Å². The molecular weight excluding hydrogens is 514 g/mol. The number of carbonyl (C=O) groups excluding carboxylic acids is 1. The lowest BCUT2D eigenvalue weighted by Gasteiger charge is -2.31. The molecule has 2 saturated carbocycles. The highest BCUT2D eigenvalue weighted by atomic mass is 32.2. The zero-order chi connectivity index (χ0) is 26.8. The third-order valence-corrected chi connectivity index (χ3v) is 8.05. The molecule has 37 heavy (non-hydrogen) atoms. The van der Waals surface area contributed by atoms with Crippen LogP contribution in [0.3, 0.4) is 0 Å². The number of halogens is 4. The maximum absolute atomic E-state index is 15.5. The standard InChI is InChI=1S/C25H25F4N3O4S/c26-18-5-3-17(4-6-18)22(25(28,29)36-20-9-7-19(27)8-10-20)31-21(14-37(34,35)13-16-1-2-16)23(33)32-24(15-30)11-12-24/h3-10,16,21-22,31H,1-2,11-14H2,(H,32,33)/t21?,22-/m1/s1. The number of rotatable bonds is 12. The normalized spacial score (nSPS) is 18.4. The smallest absolute Gasteiger partial charge is 0.417 e. The van der Waals surface area contributed by atoms with Gasteiger partial charge in [-0.1, -0.05) is 12.1 Å². The highest BCUT2D eigenvalue weighted by Gasteiger charge is 2.49. The van der Waals surface area contributed by atoms with Gasteiger partial charge in [-0.05, 0) is 73.6 Å². The quantitative estimate of drug-likeness (QED) is 0.399. The molecule has 2 atom stereocenters. The second kappa shape index (κ2) is 10.3. The van der Waals surface area contributed by atoms with E-state index in [0.717, 1.165) is 61.4 Å². The van der Waals surface area contributed by atoms with Gasteiger partial charge in [-0.2, -0.15) is 14.0 Å². The molecule has 4 rings (SSSR count). The number of hydrogen-bond acceptors (Lipinski definition) is 6. The zero-order valence-electron chi connectivity index (χ0n) is 19.6. The van der Waals surface area contributed by atoms with Gasteiger partial charge in [0.2, 0.25) is 5.91 Å². The van der Waals surface area contributed by atoms with Crippen LogP contribution in [0.2, 0.25) is 0 Å². The predicted molar refractivity (Wildman–Crippen MR) is 125 cm³/mol. The summed E-state index contributed by atoms with van der Waals surface area (Å²) in [6.07, 6.45) is -1.95. The first-order chi connectivity index (χ1) is 17.4. The first-order valence-electron chi connectivity index (χ1n) is 11.7. The second-order valence-corrected chi connectivity index (χ2v) is 11.7. The Morgan fingerprint density at radius 1 is 1.08 bits per heavy atom. The Morgan fingerprint density at radius 2 is 1.65 bits per heavy atom. The van der Waals surface area contributed by atoms with Gasteiger partial charge in [-0.15, -0.1) is 0 Å². The van der Waals surface area contributed by atoms with Gasteiger partial charge in [0.25, 0.3) is 0 Å². The number of hydrogen-bond donors (Lipinski definition) is 2. The van der Waals surface area contributed by atoms with Crippen molar-refractivity contribution in [3.63, 3.8) is 0 Å². The largest absolute Gasteiger partial charge is 0.431 e. The maximum atomic E-state index is 15.5. The topological polar surface area (TPSA) is 108 Å². The maximum Gasteiger partial charge on any atom is 0.417 e. The summed E-state index contributed by atoms with van der Waals surface area (Å²) in [5, 5.41) is 14.2. The van der Waals surface area contributed by atoms with Gasteiger partial charge >= 0.3 is 6.11 Å². The Kier molecular flexibility index (Phi) is 7.48. The van der Waals surface area contributed by atoms with Crippen molar-refractivity contribution >= 4 is 15.7 Å². The number of nitriles is 1. The summed E-state index contributed by atoms with van der Waals surface area (Å²) in [4.78, 5) is 13.1. The van der Waals surface area contributed by atoms with Crippen molar-refractivity contribution in [2.24, 2.45) is 5.92 Å². The van der Waals surface area contributed by atoms with Crippen molar-refractivity contribution in [1.82, 2.24) is 10.6 Å². The molecule has 12 heteroatoms. The fourth-order valence-electron chi connectivity index (χ4n) is 3.84. The van der Waals surface area contributed by atoms with Crippen LogP contribution in [0.5, 0.6) is 5.75 Å². The number of benzene rings is 2. The van der Waals surface area contributed by atoms with Crippen molar-refractivity contribution < 1.29 is 35.5 Å². The highest BCUT2D eigenvalue weighted by Crippen LogP contribution is 2.37. The average Bonchev–Trinajstić information content (AvgIpc) is 3.76. The summed E-state index contributed by atoms with van der Waals surface area (Å²) >= 11 is 0. The van der Waals surface area contributed by atoms with E-state index < -0.39 is 56.9 Å². The fraction of sp³-hybridized carbons (Fsp3) is 0.440. The molecule has 0 heterocycles. The van der Waals surface area contributed by atoms with Crippen LogP contribution >= 0.6 is 0 Å². The van der Waals surface area contributed by atoms with Gasteiger partial charge in [0.1, 0.15) is 35.0 Å². The van der Waals surface area contributed by atoms with Crippen molar-refractivity contribution in [2.45, 2.75) is 49.4 Å². The first-order valence-corrected chi connectivity index (χ1v) is 13.5. The highest BCUT2D eigenvalue weighted by molar-refractivity contribution is 7.91. The van der Waals surface area contributed by atoms with E-state index in [1.165, 1.54) is 0 Å². The lowest BCUT2D eigenvalue weighted by molar-refractivity contribution is -0.202. The third kappa shape index (κ3) is 7.20. The molecule has 2 aromatic rings. The number of alkyl halides is 2. The van der Waals surface area contributed by atoms with E-state index in [1.54, 1.807) is 0 Å². The lowest BCUT2D eigenvalue weighted by Crippen LogP contribution is -2.56. The van der Waals surface area contributed by atoms with E-state index in [-0.39, 0.29) is 23.0 Å². The number of amides is 1. The van der Waals surface area contributed by atoms with Gasteiger partial charge < -0.3 is 10.1 Å². The molecule has 2 aliphatic carbocycles. The molecule has 0 radical (unpaired) electrons. The summed E-state index contributed by atoms with van der Waals surface area (Å²) in [6, 6.07) is 5.96. The van der Waals surface area contributed by atoms with Crippen molar-refractivity contribution in [3.8, 4) is 11.8 Å². The molecule has 0 aromatic heterocycles. The Hall–Kier alpha value is -3.17. The van der Waals surface area contributed by atoms with E-state index in [9.17, 15) is 27.3 Å². The van der Waals surface area contributed by atoms with Crippen LogP contribution in [-0.4, -0.2) is 43.5 Å². The Labute approximate surface area is 211 Å². The molecule has 2 N–H and O–H groups in total.